The average molecular weight is 362 g/mol. The van der Waals surface area contributed by atoms with Crippen molar-refractivity contribution in [2.24, 2.45) is 0 Å². The maximum Gasteiger partial charge on any atom is 0.262 e. The first-order valence-electron chi connectivity index (χ1n) is 8.35. The molecule has 4 rings (SSSR count). The summed E-state index contributed by atoms with van der Waals surface area (Å²) < 4.78 is 6.30. The van der Waals surface area contributed by atoms with E-state index in [0.717, 1.165) is 41.6 Å². The van der Waals surface area contributed by atoms with Crippen molar-refractivity contribution in [3.63, 3.8) is 0 Å². The monoisotopic (exact) mass is 361 g/mol. The zero-order valence-electron chi connectivity index (χ0n) is 13.7. The van der Waals surface area contributed by atoms with Crippen molar-refractivity contribution in [1.82, 2.24) is 10.2 Å². The fourth-order valence-corrected chi connectivity index (χ4v) is 4.12. The second-order valence-corrected chi connectivity index (χ2v) is 7.94. The molecule has 1 aliphatic heterocycles. The summed E-state index contributed by atoms with van der Waals surface area (Å²) in [7, 11) is 0. The topological polar surface area (TPSA) is 38.3 Å². The normalized spacial score (nSPS) is 17.8. The van der Waals surface area contributed by atoms with Crippen LogP contribution in [0.2, 0.25) is 5.15 Å². The number of nitrogens with zero attached hydrogens (tertiary/aromatic N) is 3. The summed E-state index contributed by atoms with van der Waals surface area (Å²) in [6.07, 6.45) is 2.48. The van der Waals surface area contributed by atoms with Gasteiger partial charge in [-0.2, -0.15) is 11.8 Å². The molecule has 0 bridgehead atoms. The second kappa shape index (κ2) is 6.81. The van der Waals surface area contributed by atoms with Gasteiger partial charge in [0, 0.05) is 30.7 Å². The van der Waals surface area contributed by atoms with Crippen LogP contribution in [0.25, 0.3) is 0 Å². The highest BCUT2D eigenvalue weighted by Gasteiger charge is 2.28. The molecule has 0 amide bonds. The van der Waals surface area contributed by atoms with Crippen molar-refractivity contribution in [1.29, 1.82) is 0 Å². The lowest BCUT2D eigenvalue weighted by atomic mass is 10.1. The number of anilines is 1. The molecule has 1 saturated heterocycles. The largest absolute Gasteiger partial charge is 0.435 e. The number of halogens is 1. The molecule has 2 heterocycles. The Labute approximate surface area is 151 Å². The molecule has 0 unspecified atom stereocenters. The Kier molecular flexibility index (Phi) is 4.55. The molecule has 0 N–H and O–H groups in total. The minimum absolute atomic E-state index is 0.405. The number of aryl methyl sites for hydroxylation is 1. The van der Waals surface area contributed by atoms with Crippen LogP contribution < -0.4 is 9.64 Å². The van der Waals surface area contributed by atoms with Gasteiger partial charge in [-0.25, -0.2) is 0 Å². The molecule has 2 aromatic rings. The zero-order valence-corrected chi connectivity index (χ0v) is 15.2. The minimum atomic E-state index is 0.405. The molecule has 0 atom stereocenters. The third-order valence-electron chi connectivity index (χ3n) is 4.52. The van der Waals surface area contributed by atoms with Crippen LogP contribution in [0.4, 0.5) is 5.69 Å². The molecular weight excluding hydrogens is 342 g/mol. The van der Waals surface area contributed by atoms with Crippen molar-refractivity contribution in [3.8, 4) is 11.6 Å². The van der Waals surface area contributed by atoms with Gasteiger partial charge in [0.1, 0.15) is 11.4 Å². The standard InChI is InChI=1S/C18H20ClN3OS/c1-12-3-2-4-14(13-5-6-13)17(12)23-18-15(11-16(19)20-21-18)22-7-9-24-10-8-22/h2-4,11,13H,5-10H2,1H3. The Hall–Kier alpha value is -1.46. The highest BCUT2D eigenvalue weighted by molar-refractivity contribution is 7.99. The van der Waals surface area contributed by atoms with Crippen molar-refractivity contribution in [3.05, 3.63) is 40.5 Å². The van der Waals surface area contributed by atoms with E-state index in [1.807, 2.05) is 17.8 Å². The lowest BCUT2D eigenvalue weighted by molar-refractivity contribution is 0.446. The summed E-state index contributed by atoms with van der Waals surface area (Å²) in [5.74, 6) is 4.33. The Morgan fingerprint density at radius 2 is 2.00 bits per heavy atom. The smallest absolute Gasteiger partial charge is 0.262 e. The van der Waals surface area contributed by atoms with Crippen molar-refractivity contribution >= 4 is 29.1 Å². The molecule has 2 aliphatic rings. The van der Waals surface area contributed by atoms with Crippen LogP contribution in [0.3, 0.4) is 0 Å². The number of thioether (sulfide) groups is 1. The van der Waals surface area contributed by atoms with E-state index in [1.165, 1.54) is 18.4 Å². The first kappa shape index (κ1) is 16.0. The molecule has 1 aliphatic carbocycles. The maximum atomic E-state index is 6.30. The van der Waals surface area contributed by atoms with E-state index in [2.05, 4.69) is 40.2 Å². The highest BCUT2D eigenvalue weighted by Crippen LogP contribution is 2.47. The van der Waals surface area contributed by atoms with Crippen LogP contribution >= 0.6 is 23.4 Å². The summed E-state index contributed by atoms with van der Waals surface area (Å²) in [4.78, 5) is 2.29. The Balaban J connectivity index is 1.70. The van der Waals surface area contributed by atoms with Crippen LogP contribution in [0.15, 0.2) is 24.3 Å². The van der Waals surface area contributed by atoms with Gasteiger partial charge in [0.05, 0.1) is 0 Å². The zero-order chi connectivity index (χ0) is 16.5. The van der Waals surface area contributed by atoms with Crippen molar-refractivity contribution in [2.75, 3.05) is 29.5 Å². The fourth-order valence-electron chi connectivity index (χ4n) is 3.08. The van der Waals surface area contributed by atoms with Crippen molar-refractivity contribution in [2.45, 2.75) is 25.7 Å². The van der Waals surface area contributed by atoms with Crippen LogP contribution in [0.5, 0.6) is 11.6 Å². The number of ether oxygens (including phenoxy) is 1. The van der Waals surface area contributed by atoms with Crippen LogP contribution in [0.1, 0.15) is 29.9 Å². The van der Waals surface area contributed by atoms with Gasteiger partial charge < -0.3 is 9.64 Å². The van der Waals surface area contributed by atoms with Crippen LogP contribution in [-0.2, 0) is 0 Å². The lowest BCUT2D eigenvalue weighted by Crippen LogP contribution is -2.32. The van der Waals surface area contributed by atoms with E-state index < -0.39 is 0 Å². The van der Waals surface area contributed by atoms with E-state index in [1.54, 1.807) is 0 Å². The van der Waals surface area contributed by atoms with Gasteiger partial charge in [-0.3, -0.25) is 0 Å². The molecule has 126 valence electrons. The summed E-state index contributed by atoms with van der Waals surface area (Å²) in [6.45, 7) is 4.04. The summed E-state index contributed by atoms with van der Waals surface area (Å²) in [6, 6.07) is 8.23. The molecular formula is C18H20ClN3OS. The predicted molar refractivity (Wildman–Crippen MR) is 99.8 cm³/mol. The first-order valence-corrected chi connectivity index (χ1v) is 9.89. The lowest BCUT2D eigenvalue weighted by Gasteiger charge is -2.29. The first-order chi connectivity index (χ1) is 11.7. The predicted octanol–water partition coefficient (Wildman–Crippen LogP) is 4.66. The van der Waals surface area contributed by atoms with Gasteiger partial charge in [0.15, 0.2) is 5.15 Å². The van der Waals surface area contributed by atoms with E-state index in [-0.39, 0.29) is 0 Å². The highest BCUT2D eigenvalue weighted by atomic mass is 35.5. The van der Waals surface area contributed by atoms with Gasteiger partial charge in [0.25, 0.3) is 5.88 Å². The van der Waals surface area contributed by atoms with E-state index >= 15 is 0 Å². The second-order valence-electron chi connectivity index (χ2n) is 6.33. The number of hydrogen-bond acceptors (Lipinski definition) is 5. The van der Waals surface area contributed by atoms with Gasteiger partial charge in [-0.15, -0.1) is 10.2 Å². The number of hydrogen-bond donors (Lipinski definition) is 0. The van der Waals surface area contributed by atoms with E-state index in [0.29, 0.717) is 17.0 Å². The minimum Gasteiger partial charge on any atom is -0.435 e. The Morgan fingerprint density at radius 3 is 2.75 bits per heavy atom. The molecule has 1 saturated carbocycles. The number of benzene rings is 1. The van der Waals surface area contributed by atoms with Gasteiger partial charge in [-0.05, 0) is 36.8 Å². The molecule has 1 aromatic carbocycles. The third kappa shape index (κ3) is 3.33. The van der Waals surface area contributed by atoms with Crippen molar-refractivity contribution < 1.29 is 4.74 Å². The summed E-state index contributed by atoms with van der Waals surface area (Å²) >= 11 is 8.07. The Bertz CT molecular complexity index is 745. The molecule has 24 heavy (non-hydrogen) atoms. The van der Waals surface area contributed by atoms with Gasteiger partial charge in [-0.1, -0.05) is 29.8 Å². The number of para-hydroxylation sites is 1. The molecule has 2 fully saturated rings. The molecule has 0 radical (unpaired) electrons. The quantitative estimate of drug-likeness (QED) is 0.791. The molecule has 4 nitrogen and oxygen atoms in total. The Morgan fingerprint density at radius 1 is 1.21 bits per heavy atom. The van der Waals surface area contributed by atoms with E-state index in [9.17, 15) is 0 Å². The summed E-state index contributed by atoms with van der Waals surface area (Å²) in [5, 5.41) is 8.67. The van der Waals surface area contributed by atoms with Crippen LogP contribution in [-0.4, -0.2) is 34.8 Å². The SMILES string of the molecule is Cc1cccc(C2CC2)c1Oc1nnc(Cl)cc1N1CCSCC1. The third-order valence-corrected chi connectivity index (χ3v) is 5.65. The molecule has 6 heteroatoms. The molecule has 1 aromatic heterocycles. The van der Waals surface area contributed by atoms with Gasteiger partial charge >= 0.3 is 0 Å². The summed E-state index contributed by atoms with van der Waals surface area (Å²) in [5.41, 5.74) is 3.36. The number of aromatic nitrogens is 2. The van der Waals surface area contributed by atoms with Crippen LogP contribution in [0, 0.1) is 6.92 Å². The molecule has 0 spiro atoms. The average Bonchev–Trinajstić information content (AvgIpc) is 3.44. The van der Waals surface area contributed by atoms with Gasteiger partial charge in [0.2, 0.25) is 0 Å². The maximum absolute atomic E-state index is 6.30. The van der Waals surface area contributed by atoms with E-state index in [4.69, 9.17) is 16.3 Å². The fraction of sp³-hybridized carbons (Fsp3) is 0.444. The number of rotatable bonds is 4.